The summed E-state index contributed by atoms with van der Waals surface area (Å²) in [6.07, 6.45) is 7.93. The first-order valence-corrected chi connectivity index (χ1v) is 10.8. The summed E-state index contributed by atoms with van der Waals surface area (Å²) >= 11 is 0. The van der Waals surface area contributed by atoms with Crippen molar-refractivity contribution < 1.29 is 14.3 Å². The van der Waals surface area contributed by atoms with Crippen molar-refractivity contribution in [1.82, 2.24) is 14.8 Å². The fourth-order valence-corrected chi connectivity index (χ4v) is 5.49. The van der Waals surface area contributed by atoms with Gasteiger partial charge in [0.1, 0.15) is 0 Å². The number of piperidine rings is 1. The van der Waals surface area contributed by atoms with Crippen LogP contribution in [-0.2, 0) is 20.8 Å². The SMILES string of the molecule is CCOC(=O)[C@@]12CCC(N3CCOCC3)C[C@H]1CCN(Cc1cccnc1)C2. The third-order valence-electron chi connectivity index (χ3n) is 6.93. The van der Waals surface area contributed by atoms with Crippen LogP contribution in [0.2, 0.25) is 0 Å². The van der Waals surface area contributed by atoms with Gasteiger partial charge in [-0.05, 0) is 56.7 Å². The van der Waals surface area contributed by atoms with Gasteiger partial charge in [-0.3, -0.25) is 19.6 Å². The Morgan fingerprint density at radius 3 is 2.93 bits per heavy atom. The maximum atomic E-state index is 13.1. The maximum absolute atomic E-state index is 13.1. The van der Waals surface area contributed by atoms with Crippen LogP contribution in [0, 0.1) is 11.3 Å². The Bertz CT molecular complexity index is 650. The maximum Gasteiger partial charge on any atom is 0.313 e. The van der Waals surface area contributed by atoms with Gasteiger partial charge < -0.3 is 9.47 Å². The molecule has 1 aliphatic carbocycles. The second-order valence-electron chi connectivity index (χ2n) is 8.51. The number of esters is 1. The number of fused-ring (bicyclic) bond motifs is 1. The highest BCUT2D eigenvalue weighted by Crippen LogP contribution is 2.48. The first-order valence-electron chi connectivity index (χ1n) is 10.8. The molecule has 0 amide bonds. The Labute approximate surface area is 168 Å². The summed E-state index contributed by atoms with van der Waals surface area (Å²) in [7, 11) is 0. The highest BCUT2D eigenvalue weighted by atomic mass is 16.5. The van der Waals surface area contributed by atoms with Crippen molar-refractivity contribution >= 4 is 5.97 Å². The van der Waals surface area contributed by atoms with Crippen LogP contribution in [0.3, 0.4) is 0 Å². The zero-order chi connectivity index (χ0) is 19.4. The molecule has 0 N–H and O–H groups in total. The summed E-state index contributed by atoms with van der Waals surface area (Å²) in [6.45, 7) is 8.80. The minimum absolute atomic E-state index is 0.0244. The third kappa shape index (κ3) is 4.09. The number of ether oxygens (including phenoxy) is 2. The molecule has 1 saturated carbocycles. The molecule has 28 heavy (non-hydrogen) atoms. The van der Waals surface area contributed by atoms with Crippen LogP contribution in [0.25, 0.3) is 0 Å². The number of rotatable bonds is 5. The molecule has 1 unspecified atom stereocenters. The van der Waals surface area contributed by atoms with Crippen LogP contribution in [0.5, 0.6) is 0 Å². The Kier molecular flexibility index (Phi) is 6.28. The lowest BCUT2D eigenvalue weighted by molar-refractivity contribution is -0.170. The molecule has 3 aliphatic rings. The second-order valence-corrected chi connectivity index (χ2v) is 8.51. The topological polar surface area (TPSA) is 54.9 Å². The molecule has 154 valence electrons. The van der Waals surface area contributed by atoms with Gasteiger partial charge in [0.05, 0.1) is 25.2 Å². The fourth-order valence-electron chi connectivity index (χ4n) is 5.49. The van der Waals surface area contributed by atoms with Gasteiger partial charge in [0.25, 0.3) is 0 Å². The zero-order valence-electron chi connectivity index (χ0n) is 17.0. The average molecular weight is 388 g/mol. The number of carbonyl (C=O) groups is 1. The molecule has 2 saturated heterocycles. The fraction of sp³-hybridized carbons (Fsp3) is 0.727. The first kappa shape index (κ1) is 19.8. The summed E-state index contributed by atoms with van der Waals surface area (Å²) in [5.41, 5.74) is 0.862. The van der Waals surface area contributed by atoms with Gasteiger partial charge in [-0.25, -0.2) is 0 Å². The van der Waals surface area contributed by atoms with Gasteiger partial charge in [-0.2, -0.15) is 0 Å². The predicted molar refractivity (Wildman–Crippen MR) is 107 cm³/mol. The molecule has 6 nitrogen and oxygen atoms in total. The minimum Gasteiger partial charge on any atom is -0.466 e. The molecule has 1 aromatic rings. The summed E-state index contributed by atoms with van der Waals surface area (Å²) in [4.78, 5) is 22.4. The van der Waals surface area contributed by atoms with Crippen molar-refractivity contribution in [3.63, 3.8) is 0 Å². The predicted octanol–water partition coefficient (Wildman–Crippen LogP) is 2.34. The van der Waals surface area contributed by atoms with Crippen LogP contribution in [-0.4, -0.2) is 72.8 Å². The molecule has 0 aromatic carbocycles. The lowest BCUT2D eigenvalue weighted by Gasteiger charge is -2.52. The van der Waals surface area contributed by atoms with Crippen molar-refractivity contribution in [3.05, 3.63) is 30.1 Å². The van der Waals surface area contributed by atoms with E-state index in [1.54, 1.807) is 0 Å². The standard InChI is InChI=1S/C22H33N3O3/c1-2-28-21(26)22-7-5-20(25-10-12-27-13-11-25)14-19(22)6-9-24(17-22)16-18-4-3-8-23-15-18/h3-4,8,15,19-20H,2,5-7,9-14,16-17H2,1H3/t19-,20?,22-/m1/s1. The van der Waals surface area contributed by atoms with E-state index in [4.69, 9.17) is 9.47 Å². The summed E-state index contributed by atoms with van der Waals surface area (Å²) in [6, 6.07) is 4.68. The van der Waals surface area contributed by atoms with Crippen molar-refractivity contribution in [2.45, 2.75) is 45.2 Å². The molecule has 2 aliphatic heterocycles. The Hall–Kier alpha value is -1.50. The van der Waals surface area contributed by atoms with E-state index >= 15 is 0 Å². The van der Waals surface area contributed by atoms with Gasteiger partial charge in [0, 0.05) is 44.6 Å². The summed E-state index contributed by atoms with van der Waals surface area (Å²) in [5.74, 6) is 0.439. The van der Waals surface area contributed by atoms with Gasteiger partial charge in [0.2, 0.25) is 0 Å². The lowest BCUT2D eigenvalue weighted by atomic mass is 9.61. The van der Waals surface area contributed by atoms with Gasteiger partial charge >= 0.3 is 5.97 Å². The Morgan fingerprint density at radius 2 is 2.18 bits per heavy atom. The van der Waals surface area contributed by atoms with E-state index in [-0.39, 0.29) is 11.4 Å². The van der Waals surface area contributed by atoms with Crippen molar-refractivity contribution in [3.8, 4) is 0 Å². The normalized spacial score (nSPS) is 31.9. The quantitative estimate of drug-likeness (QED) is 0.723. The van der Waals surface area contributed by atoms with E-state index in [1.807, 2.05) is 25.4 Å². The number of morpholine rings is 1. The summed E-state index contributed by atoms with van der Waals surface area (Å²) < 4.78 is 11.1. The Morgan fingerprint density at radius 1 is 1.32 bits per heavy atom. The second kappa shape index (κ2) is 8.89. The van der Waals surface area contributed by atoms with E-state index < -0.39 is 0 Å². The molecule has 3 heterocycles. The molecule has 0 bridgehead atoms. The van der Waals surface area contributed by atoms with Crippen LogP contribution in [0.15, 0.2) is 24.5 Å². The van der Waals surface area contributed by atoms with Crippen molar-refractivity contribution in [2.75, 3.05) is 46.0 Å². The van der Waals surface area contributed by atoms with Gasteiger partial charge in [0.15, 0.2) is 0 Å². The minimum atomic E-state index is -0.348. The molecule has 0 radical (unpaired) electrons. The molecule has 0 spiro atoms. The molecular formula is C22H33N3O3. The molecule has 4 rings (SSSR count). The number of carbonyl (C=O) groups excluding carboxylic acids is 1. The van der Waals surface area contributed by atoms with E-state index in [9.17, 15) is 4.79 Å². The van der Waals surface area contributed by atoms with Crippen molar-refractivity contribution in [1.29, 1.82) is 0 Å². The largest absolute Gasteiger partial charge is 0.466 e. The van der Waals surface area contributed by atoms with Crippen LogP contribution in [0.1, 0.15) is 38.2 Å². The number of nitrogens with zero attached hydrogens (tertiary/aromatic N) is 3. The van der Waals surface area contributed by atoms with Crippen LogP contribution < -0.4 is 0 Å². The third-order valence-corrected chi connectivity index (χ3v) is 6.93. The van der Waals surface area contributed by atoms with Crippen LogP contribution >= 0.6 is 0 Å². The van der Waals surface area contributed by atoms with Gasteiger partial charge in [-0.1, -0.05) is 6.07 Å². The number of aromatic nitrogens is 1. The lowest BCUT2D eigenvalue weighted by Crippen LogP contribution is -2.58. The first-order chi connectivity index (χ1) is 13.7. The number of pyridine rings is 1. The molecule has 6 heteroatoms. The molecule has 1 aromatic heterocycles. The smallest absolute Gasteiger partial charge is 0.313 e. The Balaban J connectivity index is 1.48. The number of likely N-dealkylation sites (tertiary alicyclic amines) is 1. The van der Waals surface area contributed by atoms with Crippen molar-refractivity contribution in [2.24, 2.45) is 11.3 Å². The number of hydrogen-bond acceptors (Lipinski definition) is 6. The monoisotopic (exact) mass is 387 g/mol. The zero-order valence-corrected chi connectivity index (χ0v) is 17.0. The van der Waals surface area contributed by atoms with E-state index in [0.29, 0.717) is 18.6 Å². The van der Waals surface area contributed by atoms with Gasteiger partial charge in [-0.15, -0.1) is 0 Å². The van der Waals surface area contributed by atoms with E-state index in [0.717, 1.165) is 71.6 Å². The number of hydrogen-bond donors (Lipinski definition) is 0. The summed E-state index contributed by atoms with van der Waals surface area (Å²) in [5, 5.41) is 0. The molecule has 3 fully saturated rings. The van der Waals surface area contributed by atoms with E-state index in [1.165, 1.54) is 5.56 Å². The highest BCUT2D eigenvalue weighted by Gasteiger charge is 2.53. The van der Waals surface area contributed by atoms with Crippen LogP contribution in [0.4, 0.5) is 0 Å². The van der Waals surface area contributed by atoms with E-state index in [2.05, 4.69) is 20.9 Å². The highest BCUT2D eigenvalue weighted by molar-refractivity contribution is 5.78. The molecular weight excluding hydrogens is 354 g/mol. The molecule has 3 atom stereocenters. The average Bonchev–Trinajstić information content (AvgIpc) is 2.75.